The summed E-state index contributed by atoms with van der Waals surface area (Å²) >= 11 is 0. The second-order valence-corrected chi connectivity index (χ2v) is 8.20. The molecule has 0 unspecified atom stereocenters. The molecule has 1 aliphatic carbocycles. The van der Waals surface area contributed by atoms with E-state index in [4.69, 9.17) is 8.83 Å². The summed E-state index contributed by atoms with van der Waals surface area (Å²) in [6, 6.07) is 0. The lowest BCUT2D eigenvalue weighted by Gasteiger charge is -2.30. The summed E-state index contributed by atoms with van der Waals surface area (Å²) in [4.78, 5) is 23.7. The van der Waals surface area contributed by atoms with Crippen LogP contribution in [0.15, 0.2) is 21.2 Å². The number of hydrogen-bond acceptors (Lipinski definition) is 7. The molecule has 1 fully saturated rings. The summed E-state index contributed by atoms with van der Waals surface area (Å²) in [5, 5.41) is 8.36. The Morgan fingerprint density at radius 2 is 1.83 bits per heavy atom. The normalized spacial score (nSPS) is 17.2. The predicted molar refractivity (Wildman–Crippen MR) is 108 cm³/mol. The topological polar surface area (TPSA) is 98.2 Å². The zero-order valence-electron chi connectivity index (χ0n) is 17.3. The molecule has 0 atom stereocenters. The van der Waals surface area contributed by atoms with Crippen LogP contribution in [-0.2, 0) is 12.8 Å². The van der Waals surface area contributed by atoms with Gasteiger partial charge in [0.2, 0.25) is 5.89 Å². The maximum absolute atomic E-state index is 13.2. The van der Waals surface area contributed by atoms with Crippen LogP contribution in [0.1, 0.15) is 70.6 Å². The standard InChI is InChI=1S/C22H25N5O3/c1-13-11-24-17(12-23-13)21-26-25-20(30-21)15-7-9-27(10-8-15)22(28)19-14(2)29-18-6-4-3-5-16(18)19/h11-12,15H,3-10H2,1-2H3. The molecule has 0 bridgehead atoms. The van der Waals surface area contributed by atoms with Gasteiger partial charge in [0, 0.05) is 37.2 Å². The molecular formula is C22H25N5O3. The van der Waals surface area contributed by atoms with Crippen LogP contribution in [-0.4, -0.2) is 44.1 Å². The SMILES string of the molecule is Cc1cnc(-c2nnc(C3CCN(C(=O)c4c(C)oc5c4CCCC5)CC3)o2)cn1. The maximum atomic E-state index is 13.2. The number of furan rings is 1. The first kappa shape index (κ1) is 19.0. The van der Waals surface area contributed by atoms with Crippen LogP contribution in [0.5, 0.6) is 0 Å². The van der Waals surface area contributed by atoms with Crippen LogP contribution in [0.2, 0.25) is 0 Å². The van der Waals surface area contributed by atoms with Gasteiger partial charge in [-0.15, -0.1) is 10.2 Å². The number of hydrogen-bond donors (Lipinski definition) is 0. The van der Waals surface area contributed by atoms with Crippen molar-refractivity contribution < 1.29 is 13.6 Å². The molecule has 1 amide bonds. The van der Waals surface area contributed by atoms with Gasteiger partial charge < -0.3 is 13.7 Å². The minimum atomic E-state index is 0.0963. The summed E-state index contributed by atoms with van der Waals surface area (Å²) in [6.45, 7) is 5.13. The smallest absolute Gasteiger partial charge is 0.267 e. The summed E-state index contributed by atoms with van der Waals surface area (Å²) < 4.78 is 11.8. The van der Waals surface area contributed by atoms with Crippen molar-refractivity contribution in [2.24, 2.45) is 0 Å². The maximum Gasteiger partial charge on any atom is 0.267 e. The van der Waals surface area contributed by atoms with E-state index in [0.29, 0.717) is 30.6 Å². The van der Waals surface area contributed by atoms with Crippen molar-refractivity contribution in [3.05, 3.63) is 46.6 Å². The van der Waals surface area contributed by atoms with Gasteiger partial charge in [0.1, 0.15) is 17.2 Å². The zero-order chi connectivity index (χ0) is 20.7. The van der Waals surface area contributed by atoms with E-state index >= 15 is 0 Å². The van der Waals surface area contributed by atoms with Crippen molar-refractivity contribution >= 4 is 5.91 Å². The van der Waals surface area contributed by atoms with Crippen molar-refractivity contribution in [1.82, 2.24) is 25.1 Å². The Balaban J connectivity index is 1.26. The number of fused-ring (bicyclic) bond motifs is 1. The van der Waals surface area contributed by atoms with E-state index < -0.39 is 0 Å². The van der Waals surface area contributed by atoms with Crippen molar-refractivity contribution in [2.45, 2.75) is 58.3 Å². The molecule has 8 nitrogen and oxygen atoms in total. The highest BCUT2D eigenvalue weighted by molar-refractivity contribution is 5.97. The fourth-order valence-corrected chi connectivity index (χ4v) is 4.48. The highest BCUT2D eigenvalue weighted by Gasteiger charge is 2.32. The van der Waals surface area contributed by atoms with Gasteiger partial charge in [-0.25, -0.2) is 4.98 Å². The van der Waals surface area contributed by atoms with Crippen LogP contribution in [0, 0.1) is 13.8 Å². The molecule has 1 saturated heterocycles. The lowest BCUT2D eigenvalue weighted by atomic mass is 9.92. The molecule has 0 N–H and O–H groups in total. The number of aryl methyl sites for hydroxylation is 3. The first-order valence-electron chi connectivity index (χ1n) is 10.6. The Morgan fingerprint density at radius 3 is 2.60 bits per heavy atom. The molecule has 2 aliphatic rings. The van der Waals surface area contributed by atoms with E-state index in [1.165, 1.54) is 0 Å². The first-order valence-corrected chi connectivity index (χ1v) is 10.6. The van der Waals surface area contributed by atoms with Gasteiger partial charge in [0.15, 0.2) is 0 Å². The summed E-state index contributed by atoms with van der Waals surface area (Å²) in [6.07, 6.45) is 9.06. The van der Waals surface area contributed by atoms with Crippen LogP contribution < -0.4 is 0 Å². The number of carbonyl (C=O) groups is 1. The third-order valence-corrected chi connectivity index (χ3v) is 6.13. The number of carbonyl (C=O) groups excluding carboxylic acids is 1. The van der Waals surface area contributed by atoms with Crippen molar-refractivity contribution in [3.63, 3.8) is 0 Å². The summed E-state index contributed by atoms with van der Waals surface area (Å²) in [5.74, 6) is 3.00. The highest BCUT2D eigenvalue weighted by atomic mass is 16.4. The van der Waals surface area contributed by atoms with Crippen molar-refractivity contribution in [3.8, 4) is 11.6 Å². The molecule has 3 aromatic heterocycles. The monoisotopic (exact) mass is 407 g/mol. The van der Waals surface area contributed by atoms with Gasteiger partial charge >= 0.3 is 0 Å². The third kappa shape index (κ3) is 3.40. The van der Waals surface area contributed by atoms with Crippen molar-refractivity contribution in [1.29, 1.82) is 0 Å². The summed E-state index contributed by atoms with van der Waals surface area (Å²) in [7, 11) is 0. The molecule has 4 heterocycles. The zero-order valence-corrected chi connectivity index (χ0v) is 17.3. The van der Waals surface area contributed by atoms with E-state index in [-0.39, 0.29) is 11.8 Å². The number of amides is 1. The Bertz CT molecular complexity index is 1060. The van der Waals surface area contributed by atoms with Gasteiger partial charge in [-0.2, -0.15) is 0 Å². The molecule has 5 rings (SSSR count). The lowest BCUT2D eigenvalue weighted by Crippen LogP contribution is -2.38. The summed E-state index contributed by atoms with van der Waals surface area (Å²) in [5.41, 5.74) is 3.34. The number of piperidine rings is 1. The second kappa shape index (κ2) is 7.66. The van der Waals surface area contributed by atoms with Gasteiger partial charge in [0.05, 0.1) is 17.5 Å². The molecule has 1 aliphatic heterocycles. The quantitative estimate of drug-likeness (QED) is 0.654. The molecule has 0 spiro atoms. The number of rotatable bonds is 3. The molecule has 8 heteroatoms. The number of nitrogens with zero attached hydrogens (tertiary/aromatic N) is 5. The van der Waals surface area contributed by atoms with Gasteiger partial charge in [-0.05, 0) is 46.0 Å². The third-order valence-electron chi connectivity index (χ3n) is 6.13. The molecule has 0 radical (unpaired) electrons. The molecule has 0 aromatic carbocycles. The molecule has 30 heavy (non-hydrogen) atoms. The fourth-order valence-electron chi connectivity index (χ4n) is 4.48. The Hall–Kier alpha value is -3.03. The van der Waals surface area contributed by atoms with E-state index in [9.17, 15) is 4.79 Å². The van der Waals surface area contributed by atoms with E-state index in [1.54, 1.807) is 12.4 Å². The van der Waals surface area contributed by atoms with Crippen molar-refractivity contribution in [2.75, 3.05) is 13.1 Å². The Morgan fingerprint density at radius 1 is 1.03 bits per heavy atom. The van der Waals surface area contributed by atoms with E-state index in [2.05, 4.69) is 20.2 Å². The number of likely N-dealkylation sites (tertiary alicyclic amines) is 1. The van der Waals surface area contributed by atoms with Gasteiger partial charge in [-0.3, -0.25) is 9.78 Å². The molecule has 3 aromatic rings. The Kier molecular flexibility index (Phi) is 4.84. The van der Waals surface area contributed by atoms with Crippen LogP contribution >= 0.6 is 0 Å². The minimum Gasteiger partial charge on any atom is -0.465 e. The molecule has 156 valence electrons. The first-order chi connectivity index (χ1) is 14.6. The van der Waals surface area contributed by atoms with Gasteiger partial charge in [0.25, 0.3) is 11.8 Å². The Labute approximate surface area is 174 Å². The van der Waals surface area contributed by atoms with Crippen LogP contribution in [0.4, 0.5) is 0 Å². The average molecular weight is 407 g/mol. The fraction of sp³-hybridized carbons (Fsp3) is 0.500. The van der Waals surface area contributed by atoms with Crippen LogP contribution in [0.25, 0.3) is 11.6 Å². The van der Waals surface area contributed by atoms with Gasteiger partial charge in [-0.1, -0.05) is 0 Å². The van der Waals surface area contributed by atoms with E-state index in [1.807, 2.05) is 18.7 Å². The predicted octanol–water partition coefficient (Wildman–Crippen LogP) is 3.64. The molecular weight excluding hydrogens is 382 g/mol. The largest absolute Gasteiger partial charge is 0.465 e. The molecule has 0 saturated carbocycles. The van der Waals surface area contributed by atoms with Crippen LogP contribution in [0.3, 0.4) is 0 Å². The highest BCUT2D eigenvalue weighted by Crippen LogP contribution is 2.33. The minimum absolute atomic E-state index is 0.0963. The number of aromatic nitrogens is 4. The van der Waals surface area contributed by atoms with E-state index in [0.717, 1.165) is 66.9 Å². The average Bonchev–Trinajstić information content (AvgIpc) is 3.38. The lowest BCUT2D eigenvalue weighted by molar-refractivity contribution is 0.0703. The second-order valence-electron chi connectivity index (χ2n) is 8.20.